The quantitative estimate of drug-likeness (QED) is 0.169. The van der Waals surface area contributed by atoms with E-state index >= 15 is 0 Å². The van der Waals surface area contributed by atoms with Gasteiger partial charge in [-0.15, -0.1) is 12.8 Å². The van der Waals surface area contributed by atoms with Crippen molar-refractivity contribution in [3.63, 3.8) is 0 Å². The largest absolute Gasteiger partial charge is 0.508 e. The second kappa shape index (κ2) is 13.9. The molecular weight excluding hydrogens is 492 g/mol. The molecule has 39 heavy (non-hydrogen) atoms. The average molecular weight is 521 g/mol. The molecular formula is C30H28N6O3. The summed E-state index contributed by atoms with van der Waals surface area (Å²) in [5, 5.41) is 15.5. The van der Waals surface area contributed by atoms with Crippen LogP contribution in [0, 0.1) is 12.8 Å². The Morgan fingerprint density at radius 2 is 1.79 bits per heavy atom. The maximum absolute atomic E-state index is 12.9. The van der Waals surface area contributed by atoms with Crippen molar-refractivity contribution in [3.8, 4) is 18.6 Å². The number of anilines is 1. The van der Waals surface area contributed by atoms with Gasteiger partial charge in [-0.2, -0.15) is 0 Å². The van der Waals surface area contributed by atoms with Gasteiger partial charge in [0.05, 0.1) is 23.5 Å². The molecule has 3 aromatic rings. The van der Waals surface area contributed by atoms with E-state index in [2.05, 4.69) is 28.2 Å². The second-order valence-electron chi connectivity index (χ2n) is 8.75. The predicted molar refractivity (Wildman–Crippen MR) is 150 cm³/mol. The van der Waals surface area contributed by atoms with Gasteiger partial charge in [0.25, 0.3) is 0 Å². The van der Waals surface area contributed by atoms with Crippen LogP contribution in [0.1, 0.15) is 48.0 Å². The summed E-state index contributed by atoms with van der Waals surface area (Å²) in [6.45, 7) is 2.02. The third kappa shape index (κ3) is 7.89. The maximum Gasteiger partial charge on any atom is 0.229 e. The van der Waals surface area contributed by atoms with Gasteiger partial charge in [0, 0.05) is 23.3 Å². The van der Waals surface area contributed by atoms with Crippen LogP contribution in [0.3, 0.4) is 0 Å². The Kier molecular flexibility index (Phi) is 10.1. The number of benzene rings is 2. The number of aryl methyl sites for hydroxylation is 1. The standard InChI is InChI=1S/C28H26N6O3.C2H2/c1-18-10-15-23-27(22(18)8-5-9-25(36)33-34-29)30-24(16-19-6-3-2-4-7-19)28(31-23)32-26(37)17-20-11-13-21(35)14-12-20;1-2/h2-8,11-14,35H,9-10,15-17H2,1H3,(H,31,32,37);1-2H/b8-5-;. The number of aromatic nitrogens is 2. The van der Waals surface area contributed by atoms with Gasteiger partial charge in [0.1, 0.15) is 5.75 Å². The number of terminal acetylenes is 1. The Bertz CT molecular complexity index is 1470. The number of allylic oxidation sites excluding steroid dienone is 3. The summed E-state index contributed by atoms with van der Waals surface area (Å²) in [7, 11) is 0. The van der Waals surface area contributed by atoms with Crippen molar-refractivity contribution in [1.82, 2.24) is 9.97 Å². The number of rotatable bonds is 8. The van der Waals surface area contributed by atoms with Crippen molar-refractivity contribution >= 4 is 23.2 Å². The number of amides is 2. The Hall–Kier alpha value is -5.19. The van der Waals surface area contributed by atoms with Crippen LogP contribution in [-0.4, -0.2) is 26.9 Å². The summed E-state index contributed by atoms with van der Waals surface area (Å²) >= 11 is 0. The fourth-order valence-electron chi connectivity index (χ4n) is 4.12. The first-order chi connectivity index (χ1) is 18.9. The third-order valence-electron chi connectivity index (χ3n) is 6.00. The van der Waals surface area contributed by atoms with Crippen molar-refractivity contribution in [2.45, 2.75) is 39.0 Å². The maximum atomic E-state index is 12.9. The van der Waals surface area contributed by atoms with Gasteiger partial charge in [-0.1, -0.05) is 60.2 Å². The topological polar surface area (TPSA) is 141 Å². The Balaban J connectivity index is 0.00000205. The van der Waals surface area contributed by atoms with E-state index in [9.17, 15) is 14.7 Å². The van der Waals surface area contributed by atoms with Gasteiger partial charge in [-0.05, 0) is 53.7 Å². The lowest BCUT2D eigenvalue weighted by molar-refractivity contribution is -0.117. The number of nitrogens with zero attached hydrogens (tertiary/aromatic N) is 5. The number of hydrogen-bond donors (Lipinski definition) is 2. The highest BCUT2D eigenvalue weighted by Crippen LogP contribution is 2.32. The number of carbonyl (C=O) groups excluding carboxylic acids is 2. The van der Waals surface area contributed by atoms with Crippen molar-refractivity contribution in [1.29, 1.82) is 0 Å². The minimum atomic E-state index is -0.560. The SMILES string of the molecule is C#C.CC1=C(/C=C\CC(=O)N=[N+]=[N-])c2nc(Cc3ccccc3)c(NC(=O)Cc3ccc(O)cc3)nc2CC1. The highest BCUT2D eigenvalue weighted by Gasteiger charge is 2.22. The van der Waals surface area contributed by atoms with E-state index in [0.717, 1.165) is 40.1 Å². The van der Waals surface area contributed by atoms with E-state index in [-0.39, 0.29) is 24.5 Å². The highest BCUT2D eigenvalue weighted by atomic mass is 16.3. The molecule has 1 aliphatic carbocycles. The van der Waals surface area contributed by atoms with E-state index in [4.69, 9.17) is 15.5 Å². The Labute approximate surface area is 227 Å². The second-order valence-corrected chi connectivity index (χ2v) is 8.75. The fourth-order valence-corrected chi connectivity index (χ4v) is 4.12. The van der Waals surface area contributed by atoms with E-state index < -0.39 is 5.91 Å². The smallest absolute Gasteiger partial charge is 0.229 e. The van der Waals surface area contributed by atoms with Crippen LogP contribution < -0.4 is 5.32 Å². The molecule has 9 heteroatoms. The molecule has 2 amide bonds. The van der Waals surface area contributed by atoms with E-state index in [1.807, 2.05) is 43.3 Å². The van der Waals surface area contributed by atoms with Crippen LogP contribution >= 0.6 is 0 Å². The molecule has 0 spiro atoms. The highest BCUT2D eigenvalue weighted by molar-refractivity contribution is 5.92. The average Bonchev–Trinajstić information content (AvgIpc) is 2.93. The molecule has 4 rings (SSSR count). The fraction of sp³-hybridized carbons (Fsp3) is 0.200. The number of hydrogen-bond acceptors (Lipinski definition) is 5. The number of aromatic hydroxyl groups is 1. The monoisotopic (exact) mass is 520 g/mol. The Morgan fingerprint density at radius 1 is 1.08 bits per heavy atom. The molecule has 0 saturated carbocycles. The number of carbonyl (C=O) groups is 2. The number of nitrogens with one attached hydrogen (secondary N) is 1. The molecule has 0 bridgehead atoms. The van der Waals surface area contributed by atoms with E-state index in [0.29, 0.717) is 24.4 Å². The zero-order chi connectivity index (χ0) is 28.2. The number of fused-ring (bicyclic) bond motifs is 1. The molecule has 0 atom stereocenters. The van der Waals surface area contributed by atoms with Crippen molar-refractivity contribution in [2.24, 2.45) is 5.11 Å². The molecule has 0 unspecified atom stereocenters. The van der Waals surface area contributed by atoms with Crippen molar-refractivity contribution < 1.29 is 14.7 Å². The Morgan fingerprint density at radius 3 is 2.49 bits per heavy atom. The van der Waals surface area contributed by atoms with Crippen molar-refractivity contribution in [3.05, 3.63) is 111 Å². The summed E-state index contributed by atoms with van der Waals surface area (Å²) in [6, 6.07) is 16.3. The van der Waals surface area contributed by atoms with Gasteiger partial charge in [0.2, 0.25) is 11.8 Å². The first kappa shape index (κ1) is 28.4. The van der Waals surface area contributed by atoms with E-state index in [1.54, 1.807) is 30.3 Å². The molecule has 196 valence electrons. The number of phenols is 1. The van der Waals surface area contributed by atoms with Gasteiger partial charge in [0.15, 0.2) is 5.82 Å². The third-order valence-corrected chi connectivity index (χ3v) is 6.00. The zero-order valence-electron chi connectivity index (χ0n) is 21.5. The molecule has 1 aromatic heterocycles. The molecule has 0 aliphatic heterocycles. The summed E-state index contributed by atoms with van der Waals surface area (Å²) in [6.07, 6.45) is 13.5. The molecule has 2 N–H and O–H groups in total. The normalized spacial score (nSPS) is 12.1. The van der Waals surface area contributed by atoms with Gasteiger partial charge in [-0.3, -0.25) is 9.59 Å². The van der Waals surface area contributed by atoms with Gasteiger partial charge < -0.3 is 10.4 Å². The molecule has 0 radical (unpaired) electrons. The van der Waals surface area contributed by atoms with Gasteiger partial charge in [-0.25, -0.2) is 9.97 Å². The summed E-state index contributed by atoms with van der Waals surface area (Å²) < 4.78 is 0. The minimum Gasteiger partial charge on any atom is -0.508 e. The van der Waals surface area contributed by atoms with Crippen molar-refractivity contribution in [2.75, 3.05) is 5.32 Å². The summed E-state index contributed by atoms with van der Waals surface area (Å²) in [5.74, 6) is -0.220. The predicted octanol–water partition coefficient (Wildman–Crippen LogP) is 5.71. The van der Waals surface area contributed by atoms with Crippen LogP contribution in [-0.2, 0) is 28.9 Å². The van der Waals surface area contributed by atoms with Crippen LogP contribution in [0.4, 0.5) is 5.82 Å². The molecule has 2 aromatic carbocycles. The first-order valence-electron chi connectivity index (χ1n) is 12.2. The molecule has 1 heterocycles. The summed E-state index contributed by atoms with van der Waals surface area (Å²) in [4.78, 5) is 36.8. The van der Waals surface area contributed by atoms with Crippen LogP contribution in [0.15, 0.2) is 77.4 Å². The summed E-state index contributed by atoms with van der Waals surface area (Å²) in [5.41, 5.74) is 14.3. The molecule has 1 aliphatic rings. The van der Waals surface area contributed by atoms with Crippen LogP contribution in [0.25, 0.3) is 16.0 Å². The number of phenolic OH excluding ortho intramolecular Hbond substituents is 1. The lowest BCUT2D eigenvalue weighted by Gasteiger charge is -2.21. The minimum absolute atomic E-state index is 0.00806. The van der Waals surface area contributed by atoms with E-state index in [1.165, 1.54) is 0 Å². The molecule has 0 saturated heterocycles. The van der Waals surface area contributed by atoms with Crippen LogP contribution in [0.2, 0.25) is 0 Å². The molecule has 9 nitrogen and oxygen atoms in total. The van der Waals surface area contributed by atoms with Crippen LogP contribution in [0.5, 0.6) is 5.75 Å². The lowest BCUT2D eigenvalue weighted by Crippen LogP contribution is -2.20. The zero-order valence-corrected chi connectivity index (χ0v) is 21.5. The number of azide groups is 1. The lowest BCUT2D eigenvalue weighted by atomic mass is 9.92. The van der Waals surface area contributed by atoms with Gasteiger partial charge >= 0.3 is 0 Å². The molecule has 0 fully saturated rings. The first-order valence-corrected chi connectivity index (χ1v) is 12.2.